The highest BCUT2D eigenvalue weighted by molar-refractivity contribution is 5.75. The van der Waals surface area contributed by atoms with Crippen LogP contribution in [0.5, 0.6) is 0 Å². The smallest absolute Gasteiger partial charge is 0.302 e. The molecule has 4 aliphatic carbocycles. The number of allylic oxidation sites excluding steroid dienone is 1. The number of ketones is 1. The largest absolute Gasteiger partial charge is 0.462 e. The lowest BCUT2D eigenvalue weighted by molar-refractivity contribution is -0.148. The fraction of sp³-hybridized carbons (Fsp3) is 0.857. The van der Waals surface area contributed by atoms with Crippen molar-refractivity contribution in [3.63, 3.8) is 0 Å². The second-order valence-electron chi connectivity index (χ2n) is 12.0. The summed E-state index contributed by atoms with van der Waals surface area (Å²) in [6, 6.07) is 0. The van der Waals surface area contributed by atoms with Crippen LogP contribution >= 0.6 is 0 Å². The van der Waals surface area contributed by atoms with Crippen molar-refractivity contribution in [2.75, 3.05) is 0 Å². The maximum Gasteiger partial charge on any atom is 0.302 e. The summed E-state index contributed by atoms with van der Waals surface area (Å²) in [4.78, 5) is 22.8. The van der Waals surface area contributed by atoms with E-state index in [0.29, 0.717) is 16.6 Å². The van der Waals surface area contributed by atoms with Gasteiger partial charge in [0.2, 0.25) is 0 Å². The third kappa shape index (κ3) is 4.15. The van der Waals surface area contributed by atoms with Gasteiger partial charge in [-0.05, 0) is 98.7 Å². The van der Waals surface area contributed by atoms with Gasteiger partial charge in [-0.3, -0.25) is 4.79 Å². The molecule has 0 aliphatic heterocycles. The molecule has 3 fully saturated rings. The summed E-state index contributed by atoms with van der Waals surface area (Å²) in [6.07, 6.45) is 15.6. The van der Waals surface area contributed by atoms with E-state index in [4.69, 9.17) is 4.74 Å². The second-order valence-corrected chi connectivity index (χ2v) is 12.0. The Morgan fingerprint density at radius 2 is 1.87 bits per heavy atom. The summed E-state index contributed by atoms with van der Waals surface area (Å²) >= 11 is 0. The van der Waals surface area contributed by atoms with Crippen molar-refractivity contribution >= 4 is 11.8 Å². The lowest BCUT2D eigenvalue weighted by atomic mass is 9.47. The summed E-state index contributed by atoms with van der Waals surface area (Å²) in [5.74, 6) is 4.24. The van der Waals surface area contributed by atoms with E-state index in [1.807, 2.05) is 0 Å². The van der Waals surface area contributed by atoms with Gasteiger partial charge < -0.3 is 9.53 Å². The van der Waals surface area contributed by atoms with Crippen LogP contribution in [-0.4, -0.2) is 17.9 Å². The van der Waals surface area contributed by atoms with Gasteiger partial charge in [0.15, 0.2) is 0 Å². The quantitative estimate of drug-likeness (QED) is 0.342. The number of ether oxygens (including phenoxy) is 1. The van der Waals surface area contributed by atoms with Gasteiger partial charge in [0.05, 0.1) is 0 Å². The molecule has 0 amide bonds. The van der Waals surface area contributed by atoms with E-state index in [2.05, 4.69) is 26.8 Å². The molecule has 3 saturated carbocycles. The van der Waals surface area contributed by atoms with E-state index >= 15 is 0 Å². The topological polar surface area (TPSA) is 43.4 Å². The Hall–Kier alpha value is -1.12. The first-order valence-electron chi connectivity index (χ1n) is 13.0. The van der Waals surface area contributed by atoms with Crippen LogP contribution < -0.4 is 0 Å². The van der Waals surface area contributed by atoms with Crippen LogP contribution in [0.2, 0.25) is 0 Å². The molecule has 8 atom stereocenters. The zero-order valence-corrected chi connectivity index (χ0v) is 20.5. The molecule has 174 valence electrons. The third-order valence-electron chi connectivity index (χ3n) is 10.3. The molecule has 0 spiro atoms. The molecule has 0 aromatic carbocycles. The minimum Gasteiger partial charge on any atom is -0.462 e. The Kier molecular flexibility index (Phi) is 6.45. The molecule has 4 aliphatic rings. The second kappa shape index (κ2) is 8.67. The number of esters is 1. The molecule has 0 radical (unpaired) electrons. The number of fused-ring (bicyclic) bond motifs is 5. The van der Waals surface area contributed by atoms with E-state index in [-0.39, 0.29) is 12.1 Å². The minimum atomic E-state index is -0.134. The molecule has 3 nitrogen and oxygen atoms in total. The van der Waals surface area contributed by atoms with Crippen molar-refractivity contribution in [3.05, 3.63) is 11.6 Å². The molecule has 0 bridgehead atoms. The fourth-order valence-electron chi connectivity index (χ4n) is 8.81. The summed E-state index contributed by atoms with van der Waals surface area (Å²) in [7, 11) is 0. The van der Waals surface area contributed by atoms with E-state index in [9.17, 15) is 9.59 Å². The van der Waals surface area contributed by atoms with Crippen molar-refractivity contribution in [2.24, 2.45) is 40.4 Å². The number of Topliss-reactive ketones (excluding diaryl/α,β-unsaturated/α-hetero) is 1. The third-order valence-corrected chi connectivity index (χ3v) is 10.3. The highest BCUT2D eigenvalue weighted by atomic mass is 16.5. The Morgan fingerprint density at radius 1 is 1.10 bits per heavy atom. The Morgan fingerprint density at radius 3 is 2.58 bits per heavy atom. The highest BCUT2D eigenvalue weighted by Gasteiger charge is 2.59. The van der Waals surface area contributed by atoms with Crippen molar-refractivity contribution in [2.45, 2.75) is 111 Å². The van der Waals surface area contributed by atoms with Crippen LogP contribution in [0.1, 0.15) is 105 Å². The molecule has 0 N–H and O–H groups in total. The molecule has 0 saturated heterocycles. The van der Waals surface area contributed by atoms with Crippen molar-refractivity contribution < 1.29 is 14.3 Å². The molecule has 8 unspecified atom stereocenters. The van der Waals surface area contributed by atoms with Gasteiger partial charge >= 0.3 is 5.97 Å². The summed E-state index contributed by atoms with van der Waals surface area (Å²) in [5, 5.41) is 0. The highest BCUT2D eigenvalue weighted by Crippen LogP contribution is 2.67. The van der Waals surface area contributed by atoms with Gasteiger partial charge in [0.1, 0.15) is 11.9 Å². The predicted molar refractivity (Wildman–Crippen MR) is 124 cm³/mol. The lowest BCUT2D eigenvalue weighted by Gasteiger charge is -2.58. The van der Waals surface area contributed by atoms with Crippen LogP contribution in [-0.2, 0) is 14.3 Å². The van der Waals surface area contributed by atoms with Crippen LogP contribution in [0.25, 0.3) is 0 Å². The lowest BCUT2D eigenvalue weighted by Crippen LogP contribution is -2.51. The number of hydrogen-bond donors (Lipinski definition) is 0. The number of carbonyl (C=O) groups is 2. The van der Waals surface area contributed by atoms with Crippen molar-refractivity contribution in [1.82, 2.24) is 0 Å². The van der Waals surface area contributed by atoms with Crippen LogP contribution in [0.15, 0.2) is 11.6 Å². The zero-order valence-electron chi connectivity index (χ0n) is 20.5. The average Bonchev–Trinajstić information content (AvgIpc) is 3.05. The first kappa shape index (κ1) is 23.1. The van der Waals surface area contributed by atoms with Crippen LogP contribution in [0.4, 0.5) is 0 Å². The molecule has 4 rings (SSSR count). The zero-order chi connectivity index (χ0) is 22.4. The van der Waals surface area contributed by atoms with Gasteiger partial charge in [0.25, 0.3) is 0 Å². The summed E-state index contributed by atoms with van der Waals surface area (Å²) in [5.41, 5.74) is 2.38. The van der Waals surface area contributed by atoms with Gasteiger partial charge in [-0.2, -0.15) is 0 Å². The first-order chi connectivity index (χ1) is 14.6. The van der Waals surface area contributed by atoms with Crippen molar-refractivity contribution in [1.29, 1.82) is 0 Å². The Bertz CT molecular complexity index is 739. The molecule has 3 heteroatoms. The van der Waals surface area contributed by atoms with E-state index < -0.39 is 0 Å². The minimum absolute atomic E-state index is 0.0916. The van der Waals surface area contributed by atoms with Gasteiger partial charge in [0, 0.05) is 19.8 Å². The summed E-state index contributed by atoms with van der Waals surface area (Å²) < 4.78 is 5.59. The molecular weight excluding hydrogens is 384 g/mol. The number of carbonyl (C=O) groups excluding carboxylic acids is 2. The molecule has 31 heavy (non-hydrogen) atoms. The SMILES string of the molecule is CC(=O)CCCC(C)C1CCC2C3CC=C4CC(OC(C)=O)CCC4(C)C3CCC12C. The normalized spacial score (nSPS) is 42.6. The van der Waals surface area contributed by atoms with Gasteiger partial charge in [-0.1, -0.05) is 38.8 Å². The molecular formula is C28H44O3. The van der Waals surface area contributed by atoms with Crippen LogP contribution in [0.3, 0.4) is 0 Å². The Balaban J connectivity index is 1.47. The molecule has 0 heterocycles. The average molecular weight is 429 g/mol. The first-order valence-corrected chi connectivity index (χ1v) is 13.0. The standard InChI is InChI=1S/C28H44O3/c1-18(7-6-8-19(2)29)24-11-12-25-23-10-9-21-17-22(31-20(3)30)13-15-27(21,4)26(23)14-16-28(24,25)5/h9,18,22-26H,6-8,10-17H2,1-5H3. The van der Waals surface area contributed by atoms with Crippen molar-refractivity contribution in [3.8, 4) is 0 Å². The molecule has 0 aromatic rings. The number of hydrogen-bond acceptors (Lipinski definition) is 3. The van der Waals surface area contributed by atoms with E-state index in [0.717, 1.165) is 55.3 Å². The monoisotopic (exact) mass is 428 g/mol. The Labute approximate surface area is 189 Å². The van der Waals surface area contributed by atoms with E-state index in [1.165, 1.54) is 44.9 Å². The fourth-order valence-corrected chi connectivity index (χ4v) is 8.81. The van der Waals surface area contributed by atoms with E-state index in [1.54, 1.807) is 19.4 Å². The van der Waals surface area contributed by atoms with Gasteiger partial charge in [-0.25, -0.2) is 0 Å². The predicted octanol–water partition coefficient (Wildman–Crippen LogP) is 6.89. The summed E-state index contributed by atoms with van der Waals surface area (Å²) in [6.45, 7) is 10.9. The maximum atomic E-state index is 11.5. The van der Waals surface area contributed by atoms with Crippen LogP contribution in [0, 0.1) is 40.4 Å². The number of rotatable bonds is 6. The maximum absolute atomic E-state index is 11.5. The molecule has 0 aromatic heterocycles. The van der Waals surface area contributed by atoms with Gasteiger partial charge in [-0.15, -0.1) is 0 Å².